The van der Waals surface area contributed by atoms with Crippen LogP contribution in [0.5, 0.6) is 0 Å². The fourth-order valence-corrected chi connectivity index (χ4v) is 1.28. The van der Waals surface area contributed by atoms with Crippen molar-refractivity contribution in [2.45, 2.75) is 0 Å². The van der Waals surface area contributed by atoms with Gasteiger partial charge in [0.15, 0.2) is 0 Å². The molecule has 2 aromatic rings. The van der Waals surface area contributed by atoms with Gasteiger partial charge in [0.1, 0.15) is 6.33 Å². The number of aromatic nitrogens is 4. The van der Waals surface area contributed by atoms with Gasteiger partial charge in [-0.3, -0.25) is 9.55 Å². The van der Waals surface area contributed by atoms with Gasteiger partial charge in [0, 0.05) is 6.20 Å². The van der Waals surface area contributed by atoms with Gasteiger partial charge < -0.3 is 0 Å². The molecule has 0 aromatic carbocycles. The summed E-state index contributed by atoms with van der Waals surface area (Å²) >= 11 is 3.26. The summed E-state index contributed by atoms with van der Waals surface area (Å²) in [5.74, 6) is 0. The molecular formula is C7H5BrN4. The molecule has 0 bridgehead atoms. The Bertz CT molecular complexity index is 370. The molecule has 0 aliphatic heterocycles. The molecule has 0 atom stereocenters. The number of rotatable bonds is 1. The van der Waals surface area contributed by atoms with Crippen molar-refractivity contribution >= 4 is 15.9 Å². The molecular weight excluding hydrogens is 220 g/mol. The van der Waals surface area contributed by atoms with Crippen molar-refractivity contribution in [2.75, 3.05) is 0 Å². The lowest BCUT2D eigenvalue weighted by molar-refractivity contribution is 1.000. The van der Waals surface area contributed by atoms with E-state index in [0.29, 0.717) is 4.73 Å². The number of hydrogen-bond donors (Lipinski definition) is 0. The molecule has 0 N–H and O–H groups in total. The second-order valence-electron chi connectivity index (χ2n) is 2.18. The van der Waals surface area contributed by atoms with Crippen molar-refractivity contribution in [2.24, 2.45) is 0 Å². The van der Waals surface area contributed by atoms with Gasteiger partial charge in [-0.2, -0.15) is 0 Å². The minimum atomic E-state index is 0.676. The molecule has 60 valence electrons. The van der Waals surface area contributed by atoms with E-state index in [4.69, 9.17) is 0 Å². The van der Waals surface area contributed by atoms with Crippen molar-refractivity contribution in [3.05, 3.63) is 35.6 Å². The maximum Gasteiger partial charge on any atom is 0.204 e. The first-order chi connectivity index (χ1) is 5.88. The third-order valence-electron chi connectivity index (χ3n) is 1.43. The fourth-order valence-electron chi connectivity index (χ4n) is 0.890. The normalized spacial score (nSPS) is 10.1. The van der Waals surface area contributed by atoms with Crippen molar-refractivity contribution in [3.8, 4) is 5.69 Å². The monoisotopic (exact) mass is 224 g/mol. The molecule has 0 spiro atoms. The van der Waals surface area contributed by atoms with Crippen LogP contribution in [0.1, 0.15) is 0 Å². The van der Waals surface area contributed by atoms with E-state index in [1.165, 1.54) is 0 Å². The van der Waals surface area contributed by atoms with Crippen LogP contribution in [0.3, 0.4) is 0 Å². The lowest BCUT2D eigenvalue weighted by atomic mass is 10.4. The van der Waals surface area contributed by atoms with Gasteiger partial charge >= 0.3 is 0 Å². The van der Waals surface area contributed by atoms with E-state index in [0.717, 1.165) is 5.69 Å². The second kappa shape index (κ2) is 3.02. The summed E-state index contributed by atoms with van der Waals surface area (Å²) in [5, 5.41) is 7.53. The Hall–Kier alpha value is -1.23. The van der Waals surface area contributed by atoms with Gasteiger partial charge in [-0.25, -0.2) is 0 Å². The van der Waals surface area contributed by atoms with E-state index in [2.05, 4.69) is 31.1 Å². The zero-order valence-corrected chi connectivity index (χ0v) is 7.64. The number of hydrogen-bond acceptors (Lipinski definition) is 3. The van der Waals surface area contributed by atoms with E-state index in [1.54, 1.807) is 23.3 Å². The zero-order valence-electron chi connectivity index (χ0n) is 6.05. The molecule has 0 saturated heterocycles. The maximum absolute atomic E-state index is 3.98. The van der Waals surface area contributed by atoms with E-state index in [-0.39, 0.29) is 0 Å². The molecule has 0 unspecified atom stereocenters. The molecule has 2 heterocycles. The SMILES string of the molecule is Brc1nncn1-c1cccnc1. The Balaban J connectivity index is 2.51. The fraction of sp³-hybridized carbons (Fsp3) is 0. The minimum absolute atomic E-state index is 0.676. The molecule has 2 aromatic heterocycles. The van der Waals surface area contributed by atoms with Crippen molar-refractivity contribution in [3.63, 3.8) is 0 Å². The summed E-state index contributed by atoms with van der Waals surface area (Å²) in [6.45, 7) is 0. The Kier molecular flexibility index (Phi) is 1.87. The van der Waals surface area contributed by atoms with Gasteiger partial charge in [-0.1, -0.05) is 0 Å². The van der Waals surface area contributed by atoms with Crippen LogP contribution in [0.25, 0.3) is 5.69 Å². The van der Waals surface area contributed by atoms with E-state index in [1.807, 2.05) is 12.1 Å². The van der Waals surface area contributed by atoms with Crippen LogP contribution in [-0.4, -0.2) is 19.7 Å². The Morgan fingerprint density at radius 3 is 2.92 bits per heavy atom. The summed E-state index contributed by atoms with van der Waals surface area (Å²) in [7, 11) is 0. The molecule has 0 aliphatic carbocycles. The first-order valence-corrected chi connectivity index (χ1v) is 4.13. The van der Waals surface area contributed by atoms with E-state index >= 15 is 0 Å². The third kappa shape index (κ3) is 1.23. The number of nitrogens with zero attached hydrogens (tertiary/aromatic N) is 4. The summed E-state index contributed by atoms with van der Waals surface area (Å²) in [6, 6.07) is 3.79. The van der Waals surface area contributed by atoms with Crippen LogP contribution in [-0.2, 0) is 0 Å². The standard InChI is InChI=1S/C7H5BrN4/c8-7-11-10-5-12(7)6-2-1-3-9-4-6/h1-5H. The molecule has 4 nitrogen and oxygen atoms in total. The molecule has 0 radical (unpaired) electrons. The van der Waals surface area contributed by atoms with E-state index in [9.17, 15) is 0 Å². The van der Waals surface area contributed by atoms with Gasteiger partial charge in [-0.05, 0) is 28.1 Å². The van der Waals surface area contributed by atoms with Crippen molar-refractivity contribution in [1.29, 1.82) is 0 Å². The topological polar surface area (TPSA) is 43.6 Å². The molecule has 0 saturated carbocycles. The highest BCUT2D eigenvalue weighted by Crippen LogP contribution is 2.11. The highest BCUT2D eigenvalue weighted by molar-refractivity contribution is 9.10. The Morgan fingerprint density at radius 2 is 2.33 bits per heavy atom. The molecule has 0 aliphatic rings. The minimum Gasteiger partial charge on any atom is -0.275 e. The first kappa shape index (κ1) is 7.42. The predicted molar refractivity (Wildman–Crippen MR) is 46.9 cm³/mol. The lowest BCUT2D eigenvalue weighted by Crippen LogP contribution is -1.92. The smallest absolute Gasteiger partial charge is 0.204 e. The quantitative estimate of drug-likeness (QED) is 0.737. The summed E-state index contributed by atoms with van der Waals surface area (Å²) < 4.78 is 2.48. The van der Waals surface area contributed by atoms with Gasteiger partial charge in [0.05, 0.1) is 11.9 Å². The number of pyridine rings is 1. The average Bonchev–Trinajstić information content (AvgIpc) is 2.53. The Labute approximate surface area is 77.4 Å². The molecule has 12 heavy (non-hydrogen) atoms. The van der Waals surface area contributed by atoms with Gasteiger partial charge in [-0.15, -0.1) is 10.2 Å². The van der Waals surface area contributed by atoms with Crippen molar-refractivity contribution < 1.29 is 0 Å². The lowest BCUT2D eigenvalue weighted by Gasteiger charge is -1.99. The maximum atomic E-state index is 3.98. The van der Waals surface area contributed by atoms with Crippen LogP contribution in [0.4, 0.5) is 0 Å². The van der Waals surface area contributed by atoms with Crippen LogP contribution in [0.15, 0.2) is 35.6 Å². The van der Waals surface area contributed by atoms with E-state index < -0.39 is 0 Å². The van der Waals surface area contributed by atoms with Crippen LogP contribution < -0.4 is 0 Å². The molecule has 0 amide bonds. The summed E-state index contributed by atoms with van der Waals surface area (Å²) in [4.78, 5) is 3.98. The second-order valence-corrected chi connectivity index (χ2v) is 2.89. The highest BCUT2D eigenvalue weighted by atomic mass is 79.9. The largest absolute Gasteiger partial charge is 0.275 e. The number of halogens is 1. The Morgan fingerprint density at radius 1 is 1.42 bits per heavy atom. The highest BCUT2D eigenvalue weighted by Gasteiger charge is 2.00. The zero-order chi connectivity index (χ0) is 8.39. The summed E-state index contributed by atoms with van der Waals surface area (Å²) in [5.41, 5.74) is 0.939. The summed E-state index contributed by atoms with van der Waals surface area (Å²) in [6.07, 6.45) is 5.09. The third-order valence-corrected chi connectivity index (χ3v) is 1.97. The first-order valence-electron chi connectivity index (χ1n) is 3.34. The van der Waals surface area contributed by atoms with Crippen LogP contribution in [0, 0.1) is 0 Å². The van der Waals surface area contributed by atoms with Crippen LogP contribution in [0.2, 0.25) is 0 Å². The molecule has 2 rings (SSSR count). The van der Waals surface area contributed by atoms with Gasteiger partial charge in [0.2, 0.25) is 4.73 Å². The van der Waals surface area contributed by atoms with Crippen LogP contribution >= 0.6 is 15.9 Å². The van der Waals surface area contributed by atoms with Crippen molar-refractivity contribution in [1.82, 2.24) is 19.7 Å². The molecule has 5 heteroatoms. The molecule has 0 fully saturated rings. The average molecular weight is 225 g/mol. The van der Waals surface area contributed by atoms with Gasteiger partial charge in [0.25, 0.3) is 0 Å². The predicted octanol–water partition coefficient (Wildman–Crippen LogP) is 1.42.